The highest BCUT2D eigenvalue weighted by molar-refractivity contribution is 6.00. The van der Waals surface area contributed by atoms with Crippen molar-refractivity contribution in [2.45, 2.75) is 25.7 Å². The van der Waals surface area contributed by atoms with Crippen molar-refractivity contribution in [1.82, 2.24) is 5.48 Å². The van der Waals surface area contributed by atoms with Crippen LogP contribution in [-0.4, -0.2) is 23.6 Å². The van der Waals surface area contributed by atoms with Crippen molar-refractivity contribution in [3.63, 3.8) is 0 Å². The summed E-state index contributed by atoms with van der Waals surface area (Å²) >= 11 is 0. The van der Waals surface area contributed by atoms with Gasteiger partial charge in [-0.2, -0.15) is 0 Å². The van der Waals surface area contributed by atoms with Gasteiger partial charge < -0.3 is 4.90 Å². The number of nitrogens with one attached hydrogen (secondary N) is 1. The Hall–Kier alpha value is -2.66. The summed E-state index contributed by atoms with van der Waals surface area (Å²) in [6.07, 6.45) is 3.15. The fourth-order valence-corrected chi connectivity index (χ4v) is 4.13. The van der Waals surface area contributed by atoms with Gasteiger partial charge in [0.25, 0.3) is 5.91 Å². The van der Waals surface area contributed by atoms with Crippen LogP contribution in [-0.2, 0) is 17.6 Å². The summed E-state index contributed by atoms with van der Waals surface area (Å²) in [7, 11) is 0. The lowest BCUT2D eigenvalue weighted by Gasteiger charge is -2.33. The van der Waals surface area contributed by atoms with Crippen LogP contribution >= 0.6 is 0 Å². The van der Waals surface area contributed by atoms with Gasteiger partial charge in [0.15, 0.2) is 0 Å². The van der Waals surface area contributed by atoms with Gasteiger partial charge >= 0.3 is 0 Å². The Balaban J connectivity index is 1.60. The molecule has 0 saturated carbocycles. The second kappa shape index (κ2) is 6.01. The highest BCUT2D eigenvalue weighted by atomic mass is 16.5. The molecule has 25 heavy (non-hydrogen) atoms. The molecule has 1 saturated heterocycles. The molecule has 4 rings (SSSR count). The maximum absolute atomic E-state index is 13.1. The summed E-state index contributed by atoms with van der Waals surface area (Å²) in [6, 6.07) is 15.3. The van der Waals surface area contributed by atoms with Crippen LogP contribution in [0, 0.1) is 5.41 Å². The van der Waals surface area contributed by atoms with Gasteiger partial charge in [-0.15, -0.1) is 0 Å². The molecule has 1 aliphatic heterocycles. The predicted octanol–water partition coefficient (Wildman–Crippen LogP) is 2.72. The quantitative estimate of drug-likeness (QED) is 0.654. The van der Waals surface area contributed by atoms with Crippen LogP contribution in [0.15, 0.2) is 48.5 Å². The number of carbonyl (C=O) groups is 2. The zero-order chi connectivity index (χ0) is 17.4. The molecule has 1 atom stereocenters. The van der Waals surface area contributed by atoms with E-state index in [1.807, 2.05) is 47.4 Å². The number of hydrogen-bond donors (Lipinski definition) is 2. The topological polar surface area (TPSA) is 69.6 Å². The summed E-state index contributed by atoms with van der Waals surface area (Å²) in [5.74, 6) is -0.295. The number of benzene rings is 2. The number of hydrogen-bond acceptors (Lipinski definition) is 3. The second-order valence-electron chi connectivity index (χ2n) is 6.92. The van der Waals surface area contributed by atoms with E-state index < -0.39 is 5.91 Å². The number of aryl methyl sites for hydroxylation is 1. The van der Waals surface area contributed by atoms with E-state index in [4.69, 9.17) is 5.21 Å². The summed E-state index contributed by atoms with van der Waals surface area (Å²) in [6.45, 7) is 0.753. The minimum absolute atomic E-state index is 0.210. The molecule has 5 nitrogen and oxygen atoms in total. The molecule has 2 aromatic carbocycles. The van der Waals surface area contributed by atoms with Gasteiger partial charge in [0.1, 0.15) is 0 Å². The molecule has 128 valence electrons. The second-order valence-corrected chi connectivity index (χ2v) is 6.92. The van der Waals surface area contributed by atoms with Crippen molar-refractivity contribution < 1.29 is 14.8 Å². The van der Waals surface area contributed by atoms with Crippen LogP contribution in [0.1, 0.15) is 34.3 Å². The largest absolute Gasteiger partial charge is 0.312 e. The Bertz CT molecular complexity index is 834. The standard InChI is InChI=1S/C20H20N2O3/c23-18(21-25)15-6-7-16-13-20(9-8-14(16)12-15)10-11-22(19(20)24)17-4-2-1-3-5-17/h1-7,12,25H,8-11,13H2,(H,21,23)/t20-/m0/s1. The number of anilines is 1. The molecule has 2 N–H and O–H groups in total. The van der Waals surface area contributed by atoms with Crippen LogP contribution in [0.5, 0.6) is 0 Å². The third kappa shape index (κ3) is 2.61. The molecular weight excluding hydrogens is 316 g/mol. The Morgan fingerprint density at radius 2 is 1.88 bits per heavy atom. The summed E-state index contributed by atoms with van der Waals surface area (Å²) in [5.41, 5.74) is 4.97. The lowest BCUT2D eigenvalue weighted by atomic mass is 9.70. The first kappa shape index (κ1) is 15.8. The van der Waals surface area contributed by atoms with E-state index in [1.54, 1.807) is 11.5 Å². The van der Waals surface area contributed by atoms with Gasteiger partial charge in [-0.05, 0) is 61.1 Å². The van der Waals surface area contributed by atoms with Crippen molar-refractivity contribution in [1.29, 1.82) is 0 Å². The number of para-hydroxylation sites is 1. The highest BCUT2D eigenvalue weighted by Crippen LogP contribution is 2.45. The Kier molecular flexibility index (Phi) is 3.81. The molecule has 1 fully saturated rings. The number of nitrogens with zero attached hydrogens (tertiary/aromatic N) is 1. The number of carbonyl (C=O) groups excluding carboxylic acids is 2. The van der Waals surface area contributed by atoms with E-state index in [9.17, 15) is 9.59 Å². The van der Waals surface area contributed by atoms with E-state index in [0.717, 1.165) is 42.6 Å². The van der Waals surface area contributed by atoms with Crippen LogP contribution in [0.25, 0.3) is 0 Å². The maximum Gasteiger partial charge on any atom is 0.274 e. The molecular formula is C20H20N2O3. The monoisotopic (exact) mass is 336 g/mol. The first-order chi connectivity index (χ1) is 12.1. The normalized spacial score (nSPS) is 22.1. The smallest absolute Gasteiger partial charge is 0.274 e. The van der Waals surface area contributed by atoms with Crippen LogP contribution in [0.4, 0.5) is 5.69 Å². The number of rotatable bonds is 2. The van der Waals surface area contributed by atoms with Crippen molar-refractivity contribution in [2.75, 3.05) is 11.4 Å². The molecule has 1 spiro atoms. The molecule has 5 heteroatoms. The summed E-state index contributed by atoms with van der Waals surface area (Å²) < 4.78 is 0. The van der Waals surface area contributed by atoms with Crippen molar-refractivity contribution in [3.8, 4) is 0 Å². The molecule has 0 bridgehead atoms. The van der Waals surface area contributed by atoms with E-state index in [1.165, 1.54) is 0 Å². The van der Waals surface area contributed by atoms with Crippen LogP contribution < -0.4 is 10.4 Å². The minimum Gasteiger partial charge on any atom is -0.312 e. The Morgan fingerprint density at radius 3 is 2.64 bits per heavy atom. The fourth-order valence-electron chi connectivity index (χ4n) is 4.13. The number of amides is 2. The van der Waals surface area contributed by atoms with Gasteiger partial charge in [-0.25, -0.2) is 5.48 Å². The van der Waals surface area contributed by atoms with Gasteiger partial charge in [0.05, 0.1) is 5.41 Å². The lowest BCUT2D eigenvalue weighted by molar-refractivity contribution is -0.126. The minimum atomic E-state index is -0.504. The maximum atomic E-state index is 13.1. The third-order valence-corrected chi connectivity index (χ3v) is 5.55. The zero-order valence-electron chi connectivity index (χ0n) is 13.9. The lowest BCUT2D eigenvalue weighted by Crippen LogP contribution is -2.38. The van der Waals surface area contributed by atoms with E-state index >= 15 is 0 Å². The first-order valence-electron chi connectivity index (χ1n) is 8.56. The van der Waals surface area contributed by atoms with Gasteiger partial charge in [-0.3, -0.25) is 14.8 Å². The SMILES string of the molecule is O=C(NO)c1ccc2c(c1)CC[C@]1(CCN(c3ccccc3)C1=O)C2. The van der Waals surface area contributed by atoms with Crippen molar-refractivity contribution >= 4 is 17.5 Å². The number of hydroxylamine groups is 1. The van der Waals surface area contributed by atoms with Gasteiger partial charge in [0.2, 0.25) is 5.91 Å². The average molecular weight is 336 g/mol. The highest BCUT2D eigenvalue weighted by Gasteiger charge is 2.48. The molecule has 0 aromatic heterocycles. The van der Waals surface area contributed by atoms with Gasteiger partial charge in [0, 0.05) is 17.8 Å². The Labute approximate surface area is 146 Å². The number of fused-ring (bicyclic) bond motifs is 1. The fraction of sp³-hybridized carbons (Fsp3) is 0.300. The molecule has 1 heterocycles. The third-order valence-electron chi connectivity index (χ3n) is 5.55. The molecule has 2 amide bonds. The van der Waals surface area contributed by atoms with E-state index in [-0.39, 0.29) is 11.3 Å². The zero-order valence-corrected chi connectivity index (χ0v) is 13.9. The summed E-state index contributed by atoms with van der Waals surface area (Å²) in [4.78, 5) is 26.6. The average Bonchev–Trinajstić information content (AvgIpc) is 2.97. The molecule has 2 aliphatic rings. The molecule has 0 unspecified atom stereocenters. The predicted molar refractivity (Wildman–Crippen MR) is 93.6 cm³/mol. The molecule has 1 aliphatic carbocycles. The van der Waals surface area contributed by atoms with Gasteiger partial charge in [-0.1, -0.05) is 24.3 Å². The van der Waals surface area contributed by atoms with E-state index in [2.05, 4.69) is 0 Å². The Morgan fingerprint density at radius 1 is 1.08 bits per heavy atom. The van der Waals surface area contributed by atoms with Crippen molar-refractivity contribution in [3.05, 3.63) is 65.2 Å². The molecule has 2 aromatic rings. The van der Waals surface area contributed by atoms with Crippen LogP contribution in [0.2, 0.25) is 0 Å². The van der Waals surface area contributed by atoms with E-state index in [0.29, 0.717) is 12.0 Å². The van der Waals surface area contributed by atoms with Crippen molar-refractivity contribution in [2.24, 2.45) is 5.41 Å². The summed E-state index contributed by atoms with van der Waals surface area (Å²) in [5, 5.41) is 8.78. The van der Waals surface area contributed by atoms with Crippen LogP contribution in [0.3, 0.4) is 0 Å². The molecule has 0 radical (unpaired) electrons. The first-order valence-corrected chi connectivity index (χ1v) is 8.56.